The molecule has 5 nitrogen and oxygen atoms in total. The number of hydrogen-bond acceptors (Lipinski definition) is 4. The number of esters is 1. The minimum Gasteiger partial charge on any atom is -0.458 e. The lowest BCUT2D eigenvalue weighted by Gasteiger charge is -2.26. The van der Waals surface area contributed by atoms with E-state index < -0.39 is 29.3 Å². The maximum absolute atomic E-state index is 11.9. The Kier molecular flexibility index (Phi) is 3.91. The van der Waals surface area contributed by atoms with Crippen LogP contribution in [0.1, 0.15) is 40.5 Å². The molecule has 1 rings (SSSR count). The summed E-state index contributed by atoms with van der Waals surface area (Å²) >= 11 is 0. The van der Waals surface area contributed by atoms with Crippen LogP contribution in [-0.4, -0.2) is 40.7 Å². The zero-order chi connectivity index (χ0) is 13.2. The van der Waals surface area contributed by atoms with Gasteiger partial charge in [0.15, 0.2) is 0 Å². The van der Waals surface area contributed by atoms with Gasteiger partial charge in [0.25, 0.3) is 5.91 Å². The highest BCUT2D eigenvalue weighted by atomic mass is 16.6. The molecule has 96 valence electrons. The van der Waals surface area contributed by atoms with Crippen LogP contribution in [-0.2, 0) is 19.1 Å². The first kappa shape index (κ1) is 13.7. The molecule has 1 atom stereocenters. The number of amides is 1. The molecule has 0 spiro atoms. The fourth-order valence-electron chi connectivity index (χ4n) is 1.83. The van der Waals surface area contributed by atoms with Crippen molar-refractivity contribution in [2.75, 3.05) is 6.54 Å². The second kappa shape index (κ2) is 4.85. The van der Waals surface area contributed by atoms with Crippen molar-refractivity contribution in [3.05, 3.63) is 0 Å². The normalized spacial score (nSPS) is 20.2. The van der Waals surface area contributed by atoms with Gasteiger partial charge in [0.2, 0.25) is 5.78 Å². The summed E-state index contributed by atoms with van der Waals surface area (Å²) in [5, 5.41) is 0. The topological polar surface area (TPSA) is 63.7 Å². The Balaban J connectivity index is 2.73. The Hall–Kier alpha value is -1.39. The SMILES string of the molecule is CC(=O)C(=O)N1CCC[C@H]1C(=O)OC(C)(C)C. The van der Waals surface area contributed by atoms with E-state index in [2.05, 4.69) is 0 Å². The molecule has 0 aliphatic carbocycles. The first-order valence-electron chi connectivity index (χ1n) is 5.77. The van der Waals surface area contributed by atoms with E-state index >= 15 is 0 Å². The van der Waals surface area contributed by atoms with Gasteiger partial charge in [0, 0.05) is 13.5 Å². The third-order valence-electron chi connectivity index (χ3n) is 2.49. The second-order valence-corrected chi connectivity index (χ2v) is 5.25. The fourth-order valence-corrected chi connectivity index (χ4v) is 1.83. The summed E-state index contributed by atoms with van der Waals surface area (Å²) in [6, 6.07) is -0.606. The summed E-state index contributed by atoms with van der Waals surface area (Å²) < 4.78 is 5.24. The molecule has 1 saturated heterocycles. The fraction of sp³-hybridized carbons (Fsp3) is 0.750. The van der Waals surface area contributed by atoms with E-state index in [-0.39, 0.29) is 0 Å². The Morgan fingerprint density at radius 2 is 1.82 bits per heavy atom. The highest BCUT2D eigenvalue weighted by Gasteiger charge is 2.37. The van der Waals surface area contributed by atoms with Gasteiger partial charge in [-0.15, -0.1) is 0 Å². The van der Waals surface area contributed by atoms with Gasteiger partial charge in [0.05, 0.1) is 0 Å². The zero-order valence-electron chi connectivity index (χ0n) is 10.8. The van der Waals surface area contributed by atoms with Crippen molar-refractivity contribution >= 4 is 17.7 Å². The van der Waals surface area contributed by atoms with E-state index in [4.69, 9.17) is 4.74 Å². The quantitative estimate of drug-likeness (QED) is 0.532. The van der Waals surface area contributed by atoms with E-state index in [1.807, 2.05) is 0 Å². The number of ether oxygens (including phenoxy) is 1. The Bertz CT molecular complexity index is 343. The van der Waals surface area contributed by atoms with Crippen molar-refractivity contribution in [2.45, 2.75) is 52.2 Å². The largest absolute Gasteiger partial charge is 0.458 e. The van der Waals surface area contributed by atoms with Gasteiger partial charge >= 0.3 is 5.97 Å². The van der Waals surface area contributed by atoms with Crippen LogP contribution in [0.2, 0.25) is 0 Å². The van der Waals surface area contributed by atoms with Crippen molar-refractivity contribution in [3.63, 3.8) is 0 Å². The molecule has 0 bridgehead atoms. The molecule has 0 radical (unpaired) electrons. The molecule has 0 aromatic heterocycles. The Morgan fingerprint density at radius 1 is 1.24 bits per heavy atom. The number of carbonyl (C=O) groups is 3. The number of nitrogens with zero attached hydrogens (tertiary/aromatic N) is 1. The van der Waals surface area contributed by atoms with Crippen LogP contribution in [0.25, 0.3) is 0 Å². The molecule has 0 N–H and O–H groups in total. The average Bonchev–Trinajstić information content (AvgIpc) is 2.61. The zero-order valence-corrected chi connectivity index (χ0v) is 10.8. The number of rotatable bonds is 2. The smallest absolute Gasteiger partial charge is 0.329 e. The molecule has 0 aromatic carbocycles. The van der Waals surface area contributed by atoms with Crippen LogP contribution in [0.3, 0.4) is 0 Å². The molecule has 5 heteroatoms. The van der Waals surface area contributed by atoms with Crippen LogP contribution >= 0.6 is 0 Å². The molecule has 1 fully saturated rings. The van der Waals surface area contributed by atoms with Crippen molar-refractivity contribution in [2.24, 2.45) is 0 Å². The summed E-state index contributed by atoms with van der Waals surface area (Å²) in [7, 11) is 0. The van der Waals surface area contributed by atoms with E-state index in [0.717, 1.165) is 6.42 Å². The molecule has 1 aliphatic rings. The number of carbonyl (C=O) groups excluding carboxylic acids is 3. The van der Waals surface area contributed by atoms with Gasteiger partial charge in [-0.25, -0.2) is 4.79 Å². The standard InChI is InChI=1S/C12H19NO4/c1-8(14)10(15)13-7-5-6-9(13)11(16)17-12(2,3)4/h9H,5-7H2,1-4H3/t9-/m0/s1. The first-order valence-corrected chi connectivity index (χ1v) is 5.77. The van der Waals surface area contributed by atoms with Crippen molar-refractivity contribution in [1.82, 2.24) is 4.90 Å². The summed E-state index contributed by atoms with van der Waals surface area (Å²) in [6.45, 7) is 6.99. The molecular formula is C12H19NO4. The molecule has 1 amide bonds. The third-order valence-corrected chi connectivity index (χ3v) is 2.49. The van der Waals surface area contributed by atoms with E-state index in [9.17, 15) is 14.4 Å². The van der Waals surface area contributed by atoms with Crippen LogP contribution in [0.5, 0.6) is 0 Å². The highest BCUT2D eigenvalue weighted by Crippen LogP contribution is 2.21. The third kappa shape index (κ3) is 3.54. The Morgan fingerprint density at radius 3 is 2.29 bits per heavy atom. The van der Waals surface area contributed by atoms with Crippen molar-refractivity contribution in [1.29, 1.82) is 0 Å². The summed E-state index contributed by atoms with van der Waals surface area (Å²) in [4.78, 5) is 35.8. The monoisotopic (exact) mass is 241 g/mol. The maximum Gasteiger partial charge on any atom is 0.329 e. The van der Waals surface area contributed by atoms with E-state index in [1.165, 1.54) is 11.8 Å². The number of hydrogen-bond donors (Lipinski definition) is 0. The van der Waals surface area contributed by atoms with Gasteiger partial charge in [-0.2, -0.15) is 0 Å². The highest BCUT2D eigenvalue weighted by molar-refractivity contribution is 6.35. The molecular weight excluding hydrogens is 222 g/mol. The van der Waals surface area contributed by atoms with Crippen molar-refractivity contribution in [3.8, 4) is 0 Å². The molecule has 1 aliphatic heterocycles. The number of likely N-dealkylation sites (tertiary alicyclic amines) is 1. The summed E-state index contributed by atoms with van der Waals surface area (Å²) in [6.07, 6.45) is 1.29. The number of ketones is 1. The molecule has 17 heavy (non-hydrogen) atoms. The molecule has 0 aromatic rings. The second-order valence-electron chi connectivity index (χ2n) is 5.25. The number of Topliss-reactive ketones (excluding diaryl/α,β-unsaturated/α-hetero) is 1. The lowest BCUT2D eigenvalue weighted by molar-refractivity contribution is -0.163. The van der Waals surface area contributed by atoms with Crippen LogP contribution in [0, 0.1) is 0 Å². The van der Waals surface area contributed by atoms with Crippen molar-refractivity contribution < 1.29 is 19.1 Å². The minimum absolute atomic E-state index is 0.426. The van der Waals surface area contributed by atoms with Crippen LogP contribution in [0.4, 0.5) is 0 Å². The first-order chi connectivity index (χ1) is 7.72. The molecule has 1 heterocycles. The van der Waals surface area contributed by atoms with E-state index in [1.54, 1.807) is 20.8 Å². The van der Waals surface area contributed by atoms with Gasteiger partial charge in [-0.3, -0.25) is 9.59 Å². The predicted molar refractivity (Wildman–Crippen MR) is 61.3 cm³/mol. The van der Waals surface area contributed by atoms with Crippen LogP contribution < -0.4 is 0 Å². The van der Waals surface area contributed by atoms with Gasteiger partial charge in [-0.05, 0) is 33.6 Å². The van der Waals surface area contributed by atoms with Gasteiger partial charge in [0.1, 0.15) is 11.6 Å². The Labute approximate surface area is 101 Å². The summed E-state index contributed by atoms with van der Waals surface area (Å²) in [5.74, 6) is -1.57. The van der Waals surface area contributed by atoms with Gasteiger partial charge < -0.3 is 9.64 Å². The average molecular weight is 241 g/mol. The lowest BCUT2D eigenvalue weighted by Crippen LogP contribution is -2.45. The lowest BCUT2D eigenvalue weighted by atomic mass is 10.1. The predicted octanol–water partition coefficient (Wildman–Crippen LogP) is 0.908. The minimum atomic E-state index is -0.606. The maximum atomic E-state index is 11.9. The summed E-state index contributed by atoms with van der Waals surface area (Å²) in [5.41, 5.74) is -0.579. The van der Waals surface area contributed by atoms with E-state index in [0.29, 0.717) is 13.0 Å². The molecule has 0 saturated carbocycles. The van der Waals surface area contributed by atoms with Crippen LogP contribution in [0.15, 0.2) is 0 Å². The van der Waals surface area contributed by atoms with Gasteiger partial charge in [-0.1, -0.05) is 0 Å². The molecule has 0 unspecified atom stereocenters.